The van der Waals surface area contributed by atoms with Crippen LogP contribution in [0.2, 0.25) is 0 Å². The van der Waals surface area contributed by atoms with E-state index in [1.165, 1.54) is 5.56 Å². The van der Waals surface area contributed by atoms with Crippen LogP contribution >= 0.6 is 11.8 Å². The Bertz CT molecular complexity index is 401. The van der Waals surface area contributed by atoms with E-state index in [9.17, 15) is 9.90 Å². The predicted octanol–water partition coefficient (Wildman–Crippen LogP) is 2.83. The maximum Gasteiger partial charge on any atom is 0.230 e. The molecule has 0 bridgehead atoms. The number of rotatable bonds is 7. The van der Waals surface area contributed by atoms with Crippen molar-refractivity contribution in [1.82, 2.24) is 5.32 Å². The third-order valence-corrected chi connectivity index (χ3v) is 4.09. The molecule has 0 aliphatic heterocycles. The lowest BCUT2D eigenvalue weighted by molar-refractivity contribution is -0.118. The molecule has 0 aromatic heterocycles. The smallest absolute Gasteiger partial charge is 0.230 e. The Labute approximate surface area is 126 Å². The molecule has 0 saturated heterocycles. The van der Waals surface area contributed by atoms with Crippen molar-refractivity contribution in [1.29, 1.82) is 0 Å². The fourth-order valence-corrected chi connectivity index (χ4v) is 2.49. The van der Waals surface area contributed by atoms with Crippen molar-refractivity contribution in [3.63, 3.8) is 0 Å². The first-order chi connectivity index (χ1) is 9.39. The molecule has 112 valence electrons. The molecular formula is C16H25NO2S. The zero-order valence-corrected chi connectivity index (χ0v) is 13.4. The van der Waals surface area contributed by atoms with Gasteiger partial charge in [0.15, 0.2) is 0 Å². The maximum atomic E-state index is 11.7. The van der Waals surface area contributed by atoms with Crippen LogP contribution < -0.4 is 5.32 Å². The second-order valence-corrected chi connectivity index (χ2v) is 6.98. The van der Waals surface area contributed by atoms with Gasteiger partial charge >= 0.3 is 0 Å². The van der Waals surface area contributed by atoms with E-state index < -0.39 is 0 Å². The van der Waals surface area contributed by atoms with Crippen molar-refractivity contribution in [3.05, 3.63) is 35.9 Å². The zero-order chi connectivity index (χ0) is 15.0. The van der Waals surface area contributed by atoms with Gasteiger partial charge in [-0.3, -0.25) is 4.79 Å². The molecule has 1 atom stereocenters. The first-order valence-electron chi connectivity index (χ1n) is 6.96. The monoisotopic (exact) mass is 295 g/mol. The topological polar surface area (TPSA) is 49.3 Å². The maximum absolute atomic E-state index is 11.7. The van der Waals surface area contributed by atoms with Crippen LogP contribution in [0.3, 0.4) is 0 Å². The van der Waals surface area contributed by atoms with Crippen molar-refractivity contribution >= 4 is 17.7 Å². The minimum Gasteiger partial charge on any atom is -0.393 e. The van der Waals surface area contributed by atoms with E-state index in [-0.39, 0.29) is 17.4 Å². The van der Waals surface area contributed by atoms with Crippen molar-refractivity contribution in [2.24, 2.45) is 5.41 Å². The highest BCUT2D eigenvalue weighted by Crippen LogP contribution is 2.20. The standard InChI is InChI=1S/C16H25NO2S/c1-16(2,3)14(18)9-10-17-15(19)12-20-11-13-7-5-4-6-8-13/h4-8,14,18H,9-12H2,1-3H3,(H,17,19)/t14-/m1/s1. The highest BCUT2D eigenvalue weighted by molar-refractivity contribution is 7.99. The normalized spacial score (nSPS) is 13.0. The van der Waals surface area contributed by atoms with Crippen molar-refractivity contribution < 1.29 is 9.90 Å². The van der Waals surface area contributed by atoms with Crippen LogP contribution in [-0.2, 0) is 10.5 Å². The number of amides is 1. The minimum atomic E-state index is -0.389. The third kappa shape index (κ3) is 6.96. The molecule has 1 aromatic carbocycles. The Morgan fingerprint density at radius 2 is 1.95 bits per heavy atom. The fraction of sp³-hybridized carbons (Fsp3) is 0.562. The van der Waals surface area contributed by atoms with E-state index in [1.54, 1.807) is 11.8 Å². The van der Waals surface area contributed by atoms with Gasteiger partial charge in [-0.15, -0.1) is 11.8 Å². The van der Waals surface area contributed by atoms with Crippen LogP contribution in [0.4, 0.5) is 0 Å². The lowest BCUT2D eigenvalue weighted by Gasteiger charge is -2.25. The summed E-state index contributed by atoms with van der Waals surface area (Å²) in [6, 6.07) is 10.1. The fourth-order valence-electron chi connectivity index (χ4n) is 1.67. The summed E-state index contributed by atoms with van der Waals surface area (Å²) in [6.07, 6.45) is 0.207. The van der Waals surface area contributed by atoms with E-state index in [2.05, 4.69) is 17.4 Å². The lowest BCUT2D eigenvalue weighted by atomic mass is 9.87. The molecule has 1 amide bonds. The lowest BCUT2D eigenvalue weighted by Crippen LogP contribution is -2.33. The van der Waals surface area contributed by atoms with Gasteiger partial charge in [0, 0.05) is 12.3 Å². The number of carbonyl (C=O) groups is 1. The molecule has 0 radical (unpaired) electrons. The van der Waals surface area contributed by atoms with Crippen molar-refractivity contribution in [2.75, 3.05) is 12.3 Å². The molecule has 0 saturated carbocycles. The Kier molecular flexibility index (Phi) is 7.10. The molecule has 20 heavy (non-hydrogen) atoms. The molecule has 0 heterocycles. The van der Waals surface area contributed by atoms with Crippen molar-refractivity contribution in [2.45, 2.75) is 39.0 Å². The molecule has 0 unspecified atom stereocenters. The molecular weight excluding hydrogens is 270 g/mol. The molecule has 1 aromatic rings. The summed E-state index contributed by atoms with van der Waals surface area (Å²) >= 11 is 1.60. The molecule has 4 heteroatoms. The van der Waals surface area contributed by atoms with Gasteiger partial charge in [0.05, 0.1) is 11.9 Å². The van der Waals surface area contributed by atoms with Crippen LogP contribution in [0, 0.1) is 5.41 Å². The number of thioether (sulfide) groups is 1. The van der Waals surface area contributed by atoms with Gasteiger partial charge in [0.25, 0.3) is 0 Å². The van der Waals surface area contributed by atoms with Gasteiger partial charge in [-0.2, -0.15) is 0 Å². The zero-order valence-electron chi connectivity index (χ0n) is 12.6. The number of aliphatic hydroxyl groups excluding tert-OH is 1. The Morgan fingerprint density at radius 3 is 2.55 bits per heavy atom. The summed E-state index contributed by atoms with van der Waals surface area (Å²) in [6.45, 7) is 6.52. The van der Waals surface area contributed by atoms with E-state index >= 15 is 0 Å². The van der Waals surface area contributed by atoms with Gasteiger partial charge < -0.3 is 10.4 Å². The van der Waals surface area contributed by atoms with E-state index in [0.29, 0.717) is 18.7 Å². The quantitative estimate of drug-likeness (QED) is 0.813. The second-order valence-electron chi connectivity index (χ2n) is 6.00. The molecule has 0 aliphatic rings. The van der Waals surface area contributed by atoms with E-state index in [1.807, 2.05) is 39.0 Å². The first kappa shape index (κ1) is 17.1. The molecule has 1 rings (SSSR count). The summed E-state index contributed by atoms with van der Waals surface area (Å²) in [5.74, 6) is 1.34. The van der Waals surface area contributed by atoms with Gasteiger partial charge in [0.2, 0.25) is 5.91 Å². The van der Waals surface area contributed by atoms with Crippen LogP contribution in [-0.4, -0.2) is 29.4 Å². The minimum absolute atomic E-state index is 0.0343. The number of hydrogen-bond acceptors (Lipinski definition) is 3. The van der Waals surface area contributed by atoms with Crippen LogP contribution in [0.25, 0.3) is 0 Å². The highest BCUT2D eigenvalue weighted by Gasteiger charge is 2.21. The second kappa shape index (κ2) is 8.32. The van der Waals surface area contributed by atoms with Gasteiger partial charge in [-0.25, -0.2) is 0 Å². The molecule has 0 spiro atoms. The Morgan fingerprint density at radius 1 is 1.30 bits per heavy atom. The van der Waals surface area contributed by atoms with Crippen LogP contribution in [0.5, 0.6) is 0 Å². The number of carbonyl (C=O) groups excluding carboxylic acids is 1. The van der Waals surface area contributed by atoms with Gasteiger partial charge in [-0.1, -0.05) is 51.1 Å². The average Bonchev–Trinajstić information content (AvgIpc) is 2.38. The van der Waals surface area contributed by atoms with Crippen molar-refractivity contribution in [3.8, 4) is 0 Å². The summed E-state index contributed by atoms with van der Waals surface area (Å²) in [4.78, 5) is 11.7. The van der Waals surface area contributed by atoms with E-state index in [0.717, 1.165) is 5.75 Å². The number of benzene rings is 1. The van der Waals surface area contributed by atoms with Crippen LogP contribution in [0.1, 0.15) is 32.8 Å². The average molecular weight is 295 g/mol. The summed E-state index contributed by atoms with van der Waals surface area (Å²) in [5, 5.41) is 12.7. The SMILES string of the molecule is CC(C)(C)[C@H](O)CCNC(=O)CSCc1ccccc1. The molecule has 2 N–H and O–H groups in total. The van der Waals surface area contributed by atoms with Gasteiger partial charge in [-0.05, 0) is 17.4 Å². The summed E-state index contributed by atoms with van der Waals surface area (Å²) in [5.41, 5.74) is 1.10. The number of hydrogen-bond donors (Lipinski definition) is 2. The summed E-state index contributed by atoms with van der Waals surface area (Å²) in [7, 11) is 0. The number of nitrogens with one attached hydrogen (secondary N) is 1. The van der Waals surface area contributed by atoms with Gasteiger partial charge in [0.1, 0.15) is 0 Å². The van der Waals surface area contributed by atoms with Crippen LogP contribution in [0.15, 0.2) is 30.3 Å². The molecule has 0 fully saturated rings. The molecule has 3 nitrogen and oxygen atoms in total. The third-order valence-electron chi connectivity index (χ3n) is 3.08. The Hall–Kier alpha value is -1.00. The number of aliphatic hydroxyl groups is 1. The highest BCUT2D eigenvalue weighted by atomic mass is 32.2. The first-order valence-corrected chi connectivity index (χ1v) is 8.11. The Balaban J connectivity index is 2.12. The predicted molar refractivity (Wildman–Crippen MR) is 85.7 cm³/mol. The summed E-state index contributed by atoms with van der Waals surface area (Å²) < 4.78 is 0. The van der Waals surface area contributed by atoms with E-state index in [4.69, 9.17) is 0 Å². The molecule has 0 aliphatic carbocycles. The largest absolute Gasteiger partial charge is 0.393 e.